The minimum absolute atomic E-state index is 0.509. The number of piperazine rings is 1. The molecule has 0 saturated carbocycles. The number of nitrogens with zero attached hydrogens (tertiary/aromatic N) is 1. The third-order valence-corrected chi connectivity index (χ3v) is 3.89. The van der Waals surface area contributed by atoms with Crippen molar-refractivity contribution in [2.24, 2.45) is 0 Å². The van der Waals surface area contributed by atoms with E-state index < -0.39 is 0 Å². The number of hydrogen-bond donors (Lipinski definition) is 1. The lowest BCUT2D eigenvalue weighted by atomic mass is 9.78. The van der Waals surface area contributed by atoms with E-state index in [1.54, 1.807) is 11.1 Å². The van der Waals surface area contributed by atoms with E-state index in [4.69, 9.17) is 5.32 Å². The molecule has 0 amide bonds. The van der Waals surface area contributed by atoms with Crippen LogP contribution < -0.4 is 10.6 Å². The summed E-state index contributed by atoms with van der Waals surface area (Å²) in [5.41, 5.74) is 3.12. The fraction of sp³-hybridized carbons (Fsp3) is 0.571. The second-order valence-corrected chi connectivity index (χ2v) is 4.88. The summed E-state index contributed by atoms with van der Waals surface area (Å²) in [5, 5.41) is 8.26. The Balaban J connectivity index is 1.86. The average Bonchev–Trinajstić information content (AvgIpc) is 2.39. The topological polar surface area (TPSA) is 26.1 Å². The molecule has 2 nitrogen and oxygen atoms in total. The zero-order chi connectivity index (χ0) is 10.8. The van der Waals surface area contributed by atoms with Gasteiger partial charge in [0.25, 0.3) is 0 Å². The lowest BCUT2D eigenvalue weighted by Crippen LogP contribution is -2.47. The maximum absolute atomic E-state index is 4.79. The van der Waals surface area contributed by atoms with E-state index >= 15 is 0 Å². The molecule has 85 valence electrons. The van der Waals surface area contributed by atoms with Gasteiger partial charge in [0.1, 0.15) is 0 Å². The molecule has 0 aromatic heterocycles. The number of hydrogen-bond acceptors (Lipinski definition) is 1. The summed E-state index contributed by atoms with van der Waals surface area (Å²) in [5.74, 6) is 0.665. The summed E-state index contributed by atoms with van der Waals surface area (Å²) in [6.45, 7) is 3.12. The number of benzene rings is 1. The smallest absolute Gasteiger partial charge is 0.0439 e. The van der Waals surface area contributed by atoms with Crippen molar-refractivity contribution in [1.82, 2.24) is 10.6 Å². The molecular weight excluding hydrogens is 196 g/mol. The van der Waals surface area contributed by atoms with Crippen molar-refractivity contribution in [3.8, 4) is 0 Å². The van der Waals surface area contributed by atoms with Crippen LogP contribution in [-0.2, 0) is 6.42 Å². The molecule has 2 unspecified atom stereocenters. The van der Waals surface area contributed by atoms with E-state index in [1.165, 1.54) is 19.3 Å². The number of aryl methyl sites for hydroxylation is 1. The van der Waals surface area contributed by atoms with Crippen LogP contribution in [0.3, 0.4) is 0 Å². The molecule has 1 aromatic carbocycles. The molecule has 3 rings (SSSR count). The Morgan fingerprint density at radius 1 is 1.25 bits per heavy atom. The van der Waals surface area contributed by atoms with Gasteiger partial charge in [0.2, 0.25) is 0 Å². The molecule has 1 saturated heterocycles. The maximum Gasteiger partial charge on any atom is 0.0439 e. The third-order valence-electron chi connectivity index (χ3n) is 3.89. The first kappa shape index (κ1) is 10.3. The van der Waals surface area contributed by atoms with E-state index in [0.717, 1.165) is 19.6 Å². The number of rotatable bonds is 1. The molecule has 1 heterocycles. The molecule has 16 heavy (non-hydrogen) atoms. The van der Waals surface area contributed by atoms with Crippen LogP contribution in [0.25, 0.3) is 0 Å². The first-order valence-electron chi connectivity index (χ1n) is 6.40. The van der Waals surface area contributed by atoms with Crippen LogP contribution in [0.4, 0.5) is 0 Å². The second kappa shape index (κ2) is 4.56. The van der Waals surface area contributed by atoms with Gasteiger partial charge in [-0.15, -0.1) is 0 Å². The molecule has 0 spiro atoms. The van der Waals surface area contributed by atoms with Crippen LogP contribution in [0.2, 0.25) is 0 Å². The molecule has 2 aliphatic rings. The molecule has 0 bridgehead atoms. The molecule has 1 aromatic rings. The van der Waals surface area contributed by atoms with Gasteiger partial charge in [-0.05, 0) is 30.4 Å². The molecule has 1 fully saturated rings. The summed E-state index contributed by atoms with van der Waals surface area (Å²) in [6, 6.07) is 9.45. The van der Waals surface area contributed by atoms with Crippen molar-refractivity contribution in [2.45, 2.75) is 31.2 Å². The van der Waals surface area contributed by atoms with Crippen LogP contribution >= 0.6 is 0 Å². The van der Waals surface area contributed by atoms with E-state index in [2.05, 4.69) is 29.6 Å². The first-order valence-corrected chi connectivity index (χ1v) is 6.40. The third kappa shape index (κ3) is 1.87. The fourth-order valence-corrected chi connectivity index (χ4v) is 3.08. The van der Waals surface area contributed by atoms with Gasteiger partial charge in [0, 0.05) is 31.6 Å². The second-order valence-electron chi connectivity index (χ2n) is 4.88. The summed E-state index contributed by atoms with van der Waals surface area (Å²) >= 11 is 0. The van der Waals surface area contributed by atoms with Crippen LogP contribution in [0.5, 0.6) is 0 Å². The molecule has 1 aliphatic heterocycles. The van der Waals surface area contributed by atoms with Gasteiger partial charge in [-0.2, -0.15) is 0 Å². The average molecular weight is 215 g/mol. The number of fused-ring (bicyclic) bond motifs is 1. The van der Waals surface area contributed by atoms with Crippen LogP contribution in [0.1, 0.15) is 29.9 Å². The van der Waals surface area contributed by atoms with Gasteiger partial charge < -0.3 is 5.32 Å². The molecule has 1 radical (unpaired) electrons. The van der Waals surface area contributed by atoms with Crippen LogP contribution in [0.15, 0.2) is 24.3 Å². The Kier molecular flexibility index (Phi) is 2.94. The highest BCUT2D eigenvalue weighted by atomic mass is 15.1. The summed E-state index contributed by atoms with van der Waals surface area (Å²) in [4.78, 5) is 0. The quantitative estimate of drug-likeness (QED) is 0.758. The largest absolute Gasteiger partial charge is 0.314 e. The molecule has 2 heteroatoms. The summed E-state index contributed by atoms with van der Waals surface area (Å²) in [7, 11) is 0. The highest BCUT2D eigenvalue weighted by Gasteiger charge is 2.29. The van der Waals surface area contributed by atoms with Crippen LogP contribution in [0, 0.1) is 0 Å². The van der Waals surface area contributed by atoms with Gasteiger partial charge in [-0.1, -0.05) is 24.3 Å². The van der Waals surface area contributed by atoms with E-state index in [1.807, 2.05) is 0 Å². The fourth-order valence-electron chi connectivity index (χ4n) is 3.08. The summed E-state index contributed by atoms with van der Waals surface area (Å²) < 4.78 is 0. The van der Waals surface area contributed by atoms with E-state index in [-0.39, 0.29) is 0 Å². The minimum Gasteiger partial charge on any atom is -0.314 e. The predicted octanol–water partition coefficient (Wildman–Crippen LogP) is 1.68. The zero-order valence-corrected chi connectivity index (χ0v) is 9.65. The Labute approximate surface area is 97.4 Å². The van der Waals surface area contributed by atoms with E-state index in [9.17, 15) is 0 Å². The number of nitrogens with one attached hydrogen (secondary N) is 1. The van der Waals surface area contributed by atoms with Gasteiger partial charge in [0.05, 0.1) is 0 Å². The highest BCUT2D eigenvalue weighted by molar-refractivity contribution is 5.33. The van der Waals surface area contributed by atoms with Gasteiger partial charge in [0.15, 0.2) is 0 Å². The minimum atomic E-state index is 0.509. The first-order chi connectivity index (χ1) is 7.95. The Hall–Kier alpha value is -0.860. The monoisotopic (exact) mass is 215 g/mol. The highest BCUT2D eigenvalue weighted by Crippen LogP contribution is 2.34. The standard InChI is InChI=1S/C14H19N2/c1-2-6-12-11(4-1)5-3-7-13(12)14-10-15-8-9-16-14/h1-2,4,6,13-15H,3,5,7-10H2. The van der Waals surface area contributed by atoms with Crippen molar-refractivity contribution in [2.75, 3.05) is 19.6 Å². The maximum atomic E-state index is 4.79. The van der Waals surface area contributed by atoms with Gasteiger partial charge in [-0.3, -0.25) is 0 Å². The Morgan fingerprint density at radius 3 is 3.06 bits per heavy atom. The normalized spacial score (nSPS) is 29.8. The molecule has 1 aliphatic carbocycles. The van der Waals surface area contributed by atoms with Crippen molar-refractivity contribution in [3.05, 3.63) is 35.4 Å². The van der Waals surface area contributed by atoms with Crippen molar-refractivity contribution < 1.29 is 0 Å². The predicted molar refractivity (Wildman–Crippen MR) is 65.8 cm³/mol. The lowest BCUT2D eigenvalue weighted by Gasteiger charge is -2.34. The van der Waals surface area contributed by atoms with Crippen molar-refractivity contribution in [1.29, 1.82) is 0 Å². The zero-order valence-electron chi connectivity index (χ0n) is 9.65. The van der Waals surface area contributed by atoms with Crippen molar-refractivity contribution >= 4 is 0 Å². The molecular formula is C14H19N2. The van der Waals surface area contributed by atoms with Crippen LogP contribution in [-0.4, -0.2) is 25.7 Å². The Morgan fingerprint density at radius 2 is 2.19 bits per heavy atom. The molecule has 2 atom stereocenters. The lowest BCUT2D eigenvalue weighted by molar-refractivity contribution is 0.335. The van der Waals surface area contributed by atoms with Gasteiger partial charge in [-0.25, -0.2) is 5.32 Å². The van der Waals surface area contributed by atoms with Crippen molar-refractivity contribution in [3.63, 3.8) is 0 Å². The SMILES string of the molecule is c1ccc2c(c1)CCCC2C1CNCC[N]1. The Bertz CT molecular complexity index is 356. The summed E-state index contributed by atoms with van der Waals surface area (Å²) in [6.07, 6.45) is 3.90. The van der Waals surface area contributed by atoms with Gasteiger partial charge >= 0.3 is 0 Å². The van der Waals surface area contributed by atoms with E-state index in [0.29, 0.717) is 12.0 Å². The molecule has 1 N–H and O–H groups in total.